The summed E-state index contributed by atoms with van der Waals surface area (Å²) in [5.74, 6) is 0.159. The number of carbonyl (C=O) groups excluding carboxylic acids is 1. The van der Waals surface area contributed by atoms with Crippen LogP contribution in [0.1, 0.15) is 24.5 Å². The Morgan fingerprint density at radius 2 is 1.95 bits per heavy atom. The van der Waals surface area contributed by atoms with Crippen molar-refractivity contribution >= 4 is 21.6 Å². The number of benzene rings is 1. The lowest BCUT2D eigenvalue weighted by Crippen LogP contribution is -2.42. The molecule has 1 aliphatic heterocycles. The van der Waals surface area contributed by atoms with Crippen LogP contribution in [0.25, 0.3) is 11.1 Å². The molecule has 0 N–H and O–H groups in total. The molecule has 198 valence electrons. The van der Waals surface area contributed by atoms with Crippen LogP contribution >= 0.6 is 0 Å². The number of sulfone groups is 1. The highest BCUT2D eigenvalue weighted by Gasteiger charge is 2.33. The maximum atomic E-state index is 13.0. The number of methoxy groups -OCH3 is 1. The third-order valence-corrected chi connectivity index (χ3v) is 6.95. The molecule has 0 spiro atoms. The summed E-state index contributed by atoms with van der Waals surface area (Å²) in [6, 6.07) is 5.32. The highest BCUT2D eigenvalue weighted by Crippen LogP contribution is 2.44. The van der Waals surface area contributed by atoms with Gasteiger partial charge in [0.05, 0.1) is 36.9 Å². The van der Waals surface area contributed by atoms with E-state index in [2.05, 4.69) is 10.1 Å². The number of ether oxygens (including phenoxy) is 2. The van der Waals surface area contributed by atoms with Crippen molar-refractivity contribution in [1.29, 1.82) is 0 Å². The molecule has 0 fully saturated rings. The summed E-state index contributed by atoms with van der Waals surface area (Å²) in [5, 5.41) is 4.23. The molecule has 0 saturated carbocycles. The minimum absolute atomic E-state index is 0.0599. The number of rotatable bonds is 6. The molecule has 13 heteroatoms. The Bertz CT molecular complexity index is 1400. The largest absolute Gasteiger partial charge is 0.452 e. The molecule has 3 heterocycles. The Balaban J connectivity index is 1.79. The SMILES string of the molecule is COC(=O)N1c2ccc(-c3cnn(CCS(C)(=O)=O)c3)c(Oc3ccc(C(F)(F)F)cn3)c2CCC1C. The fraction of sp³-hybridized carbons (Fsp3) is 0.375. The van der Waals surface area contributed by atoms with Gasteiger partial charge in [-0.3, -0.25) is 9.58 Å². The summed E-state index contributed by atoms with van der Waals surface area (Å²) in [6.07, 6.45) is 1.05. The second-order valence-electron chi connectivity index (χ2n) is 8.77. The molecule has 9 nitrogen and oxygen atoms in total. The van der Waals surface area contributed by atoms with E-state index in [1.54, 1.807) is 24.5 Å². The van der Waals surface area contributed by atoms with Crippen molar-refractivity contribution in [2.24, 2.45) is 0 Å². The molecule has 1 amide bonds. The molecule has 0 bridgehead atoms. The maximum absolute atomic E-state index is 13.0. The molecule has 37 heavy (non-hydrogen) atoms. The fourth-order valence-corrected chi connectivity index (χ4v) is 4.64. The van der Waals surface area contributed by atoms with Gasteiger partial charge in [-0.15, -0.1) is 0 Å². The van der Waals surface area contributed by atoms with Crippen LogP contribution in [-0.2, 0) is 33.7 Å². The quantitative estimate of drug-likeness (QED) is 0.448. The first kappa shape index (κ1) is 26.5. The zero-order valence-electron chi connectivity index (χ0n) is 20.3. The molecular formula is C24H25F3N4O5S. The number of anilines is 1. The molecule has 0 radical (unpaired) electrons. The van der Waals surface area contributed by atoms with Gasteiger partial charge in [0, 0.05) is 47.4 Å². The third kappa shape index (κ3) is 5.87. The molecular weight excluding hydrogens is 513 g/mol. The zero-order chi connectivity index (χ0) is 27.0. The molecule has 3 aromatic rings. The van der Waals surface area contributed by atoms with E-state index in [1.165, 1.54) is 16.7 Å². The fourth-order valence-electron chi connectivity index (χ4n) is 4.12. The number of aryl methyl sites for hydroxylation is 1. The highest BCUT2D eigenvalue weighted by molar-refractivity contribution is 7.90. The third-order valence-electron chi connectivity index (χ3n) is 6.03. The van der Waals surface area contributed by atoms with Crippen LogP contribution in [0.4, 0.5) is 23.7 Å². The normalized spacial score (nSPS) is 15.8. The van der Waals surface area contributed by atoms with Gasteiger partial charge in [0.15, 0.2) is 0 Å². The van der Waals surface area contributed by atoms with Gasteiger partial charge in [-0.1, -0.05) is 0 Å². The van der Waals surface area contributed by atoms with Gasteiger partial charge in [-0.2, -0.15) is 18.3 Å². The van der Waals surface area contributed by atoms with E-state index in [9.17, 15) is 26.4 Å². The van der Waals surface area contributed by atoms with Crippen molar-refractivity contribution in [1.82, 2.24) is 14.8 Å². The number of alkyl halides is 3. The topological polar surface area (TPSA) is 104 Å². The second-order valence-corrected chi connectivity index (χ2v) is 11.0. The van der Waals surface area contributed by atoms with Gasteiger partial charge in [0.25, 0.3) is 0 Å². The summed E-state index contributed by atoms with van der Waals surface area (Å²) >= 11 is 0. The number of aromatic nitrogens is 3. The predicted molar refractivity (Wildman–Crippen MR) is 129 cm³/mol. The molecule has 0 saturated heterocycles. The average Bonchev–Trinajstić information content (AvgIpc) is 3.30. The smallest absolute Gasteiger partial charge is 0.417 e. The maximum Gasteiger partial charge on any atom is 0.417 e. The monoisotopic (exact) mass is 538 g/mol. The second kappa shape index (κ2) is 10.0. The van der Waals surface area contributed by atoms with E-state index in [1.807, 2.05) is 6.92 Å². The number of amides is 1. The Labute approximate surface area is 211 Å². The first-order chi connectivity index (χ1) is 17.4. The molecule has 1 unspecified atom stereocenters. The number of pyridine rings is 1. The minimum Gasteiger partial charge on any atom is -0.452 e. The number of hydrogen-bond acceptors (Lipinski definition) is 7. The Morgan fingerprint density at radius 3 is 2.57 bits per heavy atom. The van der Waals surface area contributed by atoms with Crippen molar-refractivity contribution in [2.75, 3.05) is 24.0 Å². The predicted octanol–water partition coefficient (Wildman–Crippen LogP) is 4.71. The van der Waals surface area contributed by atoms with E-state index in [-0.39, 0.29) is 24.2 Å². The van der Waals surface area contributed by atoms with Crippen LogP contribution in [0.3, 0.4) is 0 Å². The Morgan fingerprint density at radius 1 is 1.19 bits per heavy atom. The Hall–Kier alpha value is -3.61. The summed E-state index contributed by atoms with van der Waals surface area (Å²) in [5.41, 5.74) is 1.46. The standard InChI is InChI=1S/C24H25F3N4O5S/c1-15-4-6-19-20(31(15)23(32)35-2)8-7-18(16-12-29-30(14-16)10-11-37(3,33)34)22(19)36-21-9-5-17(13-28-21)24(25,26)27/h5,7-9,12-15H,4,6,10-11H2,1-3H3. The molecule has 1 aromatic carbocycles. The minimum atomic E-state index is -4.54. The van der Waals surface area contributed by atoms with E-state index in [0.29, 0.717) is 47.2 Å². The molecule has 0 aliphatic carbocycles. The number of halogens is 3. The van der Waals surface area contributed by atoms with Crippen LogP contribution < -0.4 is 9.64 Å². The zero-order valence-corrected chi connectivity index (χ0v) is 21.1. The van der Waals surface area contributed by atoms with Gasteiger partial charge in [0.2, 0.25) is 5.88 Å². The van der Waals surface area contributed by atoms with Gasteiger partial charge < -0.3 is 9.47 Å². The van der Waals surface area contributed by atoms with Crippen LogP contribution in [0.15, 0.2) is 42.9 Å². The molecule has 1 aliphatic rings. The van der Waals surface area contributed by atoms with Crippen LogP contribution in [0, 0.1) is 0 Å². The van der Waals surface area contributed by atoms with Crippen LogP contribution in [0.2, 0.25) is 0 Å². The van der Waals surface area contributed by atoms with Crippen molar-refractivity contribution < 1.29 is 35.9 Å². The summed E-state index contributed by atoms with van der Waals surface area (Å²) < 4.78 is 74.6. The van der Waals surface area contributed by atoms with Crippen molar-refractivity contribution in [3.8, 4) is 22.8 Å². The number of hydrogen-bond donors (Lipinski definition) is 0. The highest BCUT2D eigenvalue weighted by atomic mass is 32.2. The van der Waals surface area contributed by atoms with E-state index >= 15 is 0 Å². The lowest BCUT2D eigenvalue weighted by molar-refractivity contribution is -0.137. The van der Waals surface area contributed by atoms with Crippen LogP contribution in [-0.4, -0.2) is 54.4 Å². The van der Waals surface area contributed by atoms with Gasteiger partial charge >= 0.3 is 12.3 Å². The summed E-state index contributed by atoms with van der Waals surface area (Å²) in [6.45, 7) is 2.03. The van der Waals surface area contributed by atoms with Gasteiger partial charge in [0.1, 0.15) is 15.6 Å². The van der Waals surface area contributed by atoms with Crippen molar-refractivity contribution in [3.63, 3.8) is 0 Å². The van der Waals surface area contributed by atoms with Crippen LogP contribution in [0.5, 0.6) is 11.6 Å². The van der Waals surface area contributed by atoms with Gasteiger partial charge in [-0.25, -0.2) is 18.2 Å². The lowest BCUT2D eigenvalue weighted by Gasteiger charge is -2.35. The number of nitrogens with zero attached hydrogens (tertiary/aromatic N) is 4. The summed E-state index contributed by atoms with van der Waals surface area (Å²) in [7, 11) is -1.91. The van der Waals surface area contributed by atoms with Crippen molar-refractivity contribution in [3.05, 3.63) is 54.0 Å². The first-order valence-corrected chi connectivity index (χ1v) is 13.4. The average molecular weight is 539 g/mol. The molecule has 2 aromatic heterocycles. The lowest BCUT2D eigenvalue weighted by atomic mass is 9.92. The van der Waals surface area contributed by atoms with E-state index < -0.39 is 27.7 Å². The first-order valence-electron chi connectivity index (χ1n) is 11.3. The van der Waals surface area contributed by atoms with E-state index in [4.69, 9.17) is 9.47 Å². The Kier molecular flexibility index (Phi) is 7.18. The molecule has 4 rings (SSSR count). The van der Waals surface area contributed by atoms with Gasteiger partial charge in [-0.05, 0) is 38.0 Å². The molecule has 1 atom stereocenters. The van der Waals surface area contributed by atoms with E-state index in [0.717, 1.165) is 18.4 Å². The summed E-state index contributed by atoms with van der Waals surface area (Å²) in [4.78, 5) is 17.9. The number of fused-ring (bicyclic) bond motifs is 1. The van der Waals surface area contributed by atoms with Crippen molar-refractivity contribution in [2.45, 2.75) is 38.5 Å². The number of carbonyl (C=O) groups is 1.